The molecule has 0 aromatic heterocycles. The van der Waals surface area contributed by atoms with Crippen molar-refractivity contribution in [3.63, 3.8) is 0 Å². The van der Waals surface area contributed by atoms with E-state index < -0.39 is 0 Å². The second kappa shape index (κ2) is 3.05. The molecule has 6 aliphatic carbocycles. The van der Waals surface area contributed by atoms with Crippen molar-refractivity contribution < 1.29 is 10.3 Å². The van der Waals surface area contributed by atoms with E-state index in [1.807, 2.05) is 0 Å². The van der Waals surface area contributed by atoms with Gasteiger partial charge >= 0.3 is 0 Å². The Bertz CT molecular complexity index is 297. The molecule has 3 nitrogen and oxygen atoms in total. The fourth-order valence-electron chi connectivity index (χ4n) is 3.31. The lowest BCUT2D eigenvalue weighted by Gasteiger charge is -2.58. The zero-order valence-corrected chi connectivity index (χ0v) is 8.83. The third-order valence-corrected chi connectivity index (χ3v) is 4.61. The van der Waals surface area contributed by atoms with Crippen molar-refractivity contribution >= 4 is 6.29 Å². The lowest BCUT2D eigenvalue weighted by molar-refractivity contribution is -0.147. The van der Waals surface area contributed by atoms with E-state index in [-0.39, 0.29) is 16.3 Å². The standard InChI is InChI=1S/C6H7N.C6H8O.H2O/c2*7-4-6-1-5(2-6)3-6;/h5H,1-3H2;4-5H,1-3H2;1H2. The van der Waals surface area contributed by atoms with Crippen LogP contribution >= 0.6 is 0 Å². The van der Waals surface area contributed by atoms with Gasteiger partial charge in [-0.15, -0.1) is 0 Å². The van der Waals surface area contributed by atoms with Gasteiger partial charge < -0.3 is 10.3 Å². The van der Waals surface area contributed by atoms with Crippen LogP contribution in [0.15, 0.2) is 0 Å². The summed E-state index contributed by atoms with van der Waals surface area (Å²) >= 11 is 0. The highest BCUT2D eigenvalue weighted by Gasteiger charge is 2.57. The summed E-state index contributed by atoms with van der Waals surface area (Å²) in [6.45, 7) is 0. The summed E-state index contributed by atoms with van der Waals surface area (Å²) in [5.41, 5.74) is 0.440. The van der Waals surface area contributed by atoms with Gasteiger partial charge in [0.2, 0.25) is 0 Å². The molecule has 4 bridgehead atoms. The molecule has 0 heterocycles. The number of rotatable bonds is 1. The lowest BCUT2D eigenvalue weighted by Crippen LogP contribution is -2.52. The van der Waals surface area contributed by atoms with E-state index in [0.29, 0.717) is 0 Å². The summed E-state index contributed by atoms with van der Waals surface area (Å²) in [5, 5.41) is 8.43. The first-order chi connectivity index (χ1) is 6.69. The largest absolute Gasteiger partial charge is 0.412 e. The van der Waals surface area contributed by atoms with Gasteiger partial charge in [0, 0.05) is 5.41 Å². The summed E-state index contributed by atoms with van der Waals surface area (Å²) in [5.74, 6) is 1.91. The van der Waals surface area contributed by atoms with Crippen LogP contribution in [0.25, 0.3) is 0 Å². The van der Waals surface area contributed by atoms with Crippen LogP contribution < -0.4 is 0 Å². The van der Waals surface area contributed by atoms with Gasteiger partial charge in [-0.1, -0.05) is 0 Å². The molecule has 6 fully saturated rings. The Morgan fingerprint density at radius 2 is 1.53 bits per heavy atom. The van der Waals surface area contributed by atoms with Gasteiger partial charge in [-0.25, -0.2) is 0 Å². The molecule has 0 unspecified atom stereocenters. The van der Waals surface area contributed by atoms with E-state index in [2.05, 4.69) is 6.07 Å². The Kier molecular flexibility index (Phi) is 2.16. The van der Waals surface area contributed by atoms with E-state index in [1.54, 1.807) is 0 Å². The molecule has 0 aliphatic heterocycles. The van der Waals surface area contributed by atoms with Crippen LogP contribution in [-0.4, -0.2) is 11.8 Å². The molecule has 6 rings (SSSR count). The number of carbonyl (C=O) groups is 1. The first kappa shape index (κ1) is 10.6. The number of carbonyl (C=O) groups excluding carboxylic acids is 1. The number of nitriles is 1. The number of hydrogen-bond acceptors (Lipinski definition) is 2. The quantitative estimate of drug-likeness (QED) is 0.611. The third-order valence-electron chi connectivity index (χ3n) is 4.61. The molecular formula is C12H17NO2. The predicted molar refractivity (Wildman–Crippen MR) is 54.8 cm³/mol. The van der Waals surface area contributed by atoms with Crippen LogP contribution in [0.3, 0.4) is 0 Å². The molecule has 2 N–H and O–H groups in total. The van der Waals surface area contributed by atoms with Gasteiger partial charge in [0.25, 0.3) is 0 Å². The minimum atomic E-state index is 0. The molecule has 3 heteroatoms. The van der Waals surface area contributed by atoms with Gasteiger partial charge in [-0.2, -0.15) is 5.26 Å². The molecule has 0 spiro atoms. The van der Waals surface area contributed by atoms with E-state index in [0.717, 1.165) is 18.1 Å². The van der Waals surface area contributed by atoms with E-state index in [9.17, 15) is 4.79 Å². The first-order valence-electron chi connectivity index (χ1n) is 5.57. The summed E-state index contributed by atoms with van der Waals surface area (Å²) in [6, 6.07) is 2.34. The maximum absolute atomic E-state index is 10.1. The normalized spacial score (nSPS) is 50.6. The van der Waals surface area contributed by atoms with E-state index >= 15 is 0 Å². The first-order valence-corrected chi connectivity index (χ1v) is 5.57. The van der Waals surface area contributed by atoms with Gasteiger partial charge in [0.05, 0.1) is 11.5 Å². The molecule has 82 valence electrons. The molecule has 0 aromatic carbocycles. The van der Waals surface area contributed by atoms with Crippen molar-refractivity contribution in [3.8, 4) is 6.07 Å². The maximum atomic E-state index is 10.1. The van der Waals surface area contributed by atoms with Crippen molar-refractivity contribution in [1.29, 1.82) is 5.26 Å². The molecule has 0 aromatic rings. The van der Waals surface area contributed by atoms with Crippen molar-refractivity contribution in [2.24, 2.45) is 22.7 Å². The lowest BCUT2D eigenvalue weighted by atomic mass is 9.45. The molecule has 0 amide bonds. The van der Waals surface area contributed by atoms with Crippen molar-refractivity contribution in [1.82, 2.24) is 0 Å². The Balaban J connectivity index is 0.000000107. The van der Waals surface area contributed by atoms with E-state index in [4.69, 9.17) is 5.26 Å². The molecule has 15 heavy (non-hydrogen) atoms. The van der Waals surface area contributed by atoms with Crippen LogP contribution in [0.4, 0.5) is 0 Å². The summed E-state index contributed by atoms with van der Waals surface area (Å²) in [7, 11) is 0. The fourth-order valence-corrected chi connectivity index (χ4v) is 3.31. The van der Waals surface area contributed by atoms with Crippen LogP contribution in [0.1, 0.15) is 38.5 Å². The number of nitrogens with zero attached hydrogens (tertiary/aromatic N) is 1. The van der Waals surface area contributed by atoms with Crippen LogP contribution in [0.2, 0.25) is 0 Å². The second-order valence-corrected chi connectivity index (χ2v) is 5.83. The Morgan fingerprint density at radius 3 is 1.53 bits per heavy atom. The molecule has 0 saturated heterocycles. The zero-order valence-electron chi connectivity index (χ0n) is 8.83. The third kappa shape index (κ3) is 1.32. The molecule has 0 radical (unpaired) electrons. The minimum Gasteiger partial charge on any atom is -0.412 e. The average Bonchev–Trinajstić information content (AvgIpc) is 1.76. The topological polar surface area (TPSA) is 72.4 Å². The Hall–Kier alpha value is -0.880. The molecular weight excluding hydrogens is 190 g/mol. The minimum absolute atomic E-state index is 0. The Labute approximate surface area is 89.8 Å². The van der Waals surface area contributed by atoms with Crippen LogP contribution in [0.5, 0.6) is 0 Å². The van der Waals surface area contributed by atoms with Gasteiger partial charge in [-0.3, -0.25) is 0 Å². The van der Waals surface area contributed by atoms with Gasteiger partial charge in [0.1, 0.15) is 6.29 Å². The second-order valence-electron chi connectivity index (χ2n) is 5.83. The monoisotopic (exact) mass is 207 g/mol. The van der Waals surface area contributed by atoms with Crippen molar-refractivity contribution in [3.05, 3.63) is 0 Å². The zero-order chi connectivity index (χ0) is 9.81. The highest BCUT2D eigenvalue weighted by atomic mass is 16.1. The predicted octanol–water partition coefficient (Wildman–Crippen LogP) is 1.47. The number of hydrogen-bond donors (Lipinski definition) is 0. The van der Waals surface area contributed by atoms with E-state index in [1.165, 1.54) is 38.5 Å². The average molecular weight is 207 g/mol. The SMILES string of the molecule is N#CC12CC(C1)C2.O.O=CC12CC(C1)C2. The number of aldehydes is 1. The fraction of sp³-hybridized carbons (Fsp3) is 0.833. The summed E-state index contributed by atoms with van der Waals surface area (Å²) in [4.78, 5) is 10.1. The van der Waals surface area contributed by atoms with Crippen LogP contribution in [-0.2, 0) is 4.79 Å². The van der Waals surface area contributed by atoms with Gasteiger partial charge in [0.15, 0.2) is 0 Å². The molecule has 6 saturated carbocycles. The van der Waals surface area contributed by atoms with Crippen molar-refractivity contribution in [2.45, 2.75) is 38.5 Å². The molecule has 6 aliphatic rings. The Morgan fingerprint density at radius 1 is 1.07 bits per heavy atom. The highest BCUT2D eigenvalue weighted by molar-refractivity contribution is 5.64. The van der Waals surface area contributed by atoms with Crippen LogP contribution in [0, 0.1) is 34.0 Å². The maximum Gasteiger partial charge on any atom is 0.126 e. The van der Waals surface area contributed by atoms with Gasteiger partial charge in [-0.05, 0) is 50.4 Å². The highest BCUT2D eigenvalue weighted by Crippen LogP contribution is 2.64. The summed E-state index contributed by atoms with van der Waals surface area (Å²) in [6.07, 6.45) is 8.40. The molecule has 0 atom stereocenters. The summed E-state index contributed by atoms with van der Waals surface area (Å²) < 4.78 is 0. The smallest absolute Gasteiger partial charge is 0.126 e. The van der Waals surface area contributed by atoms with Crippen molar-refractivity contribution in [2.75, 3.05) is 0 Å².